The molecule has 0 aromatic carbocycles. The summed E-state index contributed by atoms with van der Waals surface area (Å²) in [5, 5.41) is 3.03. The lowest BCUT2D eigenvalue weighted by molar-refractivity contribution is -0.165. The molecule has 0 saturated carbocycles. The Balaban J connectivity index is 2.71. The lowest BCUT2D eigenvalue weighted by atomic mass is 9.91. The highest BCUT2D eigenvalue weighted by atomic mass is 16.6. The molecule has 0 amide bonds. The van der Waals surface area contributed by atoms with Gasteiger partial charge >= 0.3 is 11.9 Å². The van der Waals surface area contributed by atoms with Crippen LogP contribution in [0.25, 0.3) is 0 Å². The highest BCUT2D eigenvalue weighted by molar-refractivity contribution is 5.85. The van der Waals surface area contributed by atoms with Crippen LogP contribution in [-0.2, 0) is 19.1 Å². The zero-order chi connectivity index (χ0) is 13.1. The van der Waals surface area contributed by atoms with Crippen molar-refractivity contribution in [3.8, 4) is 0 Å². The molecule has 5 heteroatoms. The van der Waals surface area contributed by atoms with Crippen LogP contribution in [-0.4, -0.2) is 37.2 Å². The van der Waals surface area contributed by atoms with Crippen molar-refractivity contribution >= 4 is 11.9 Å². The molecule has 1 fully saturated rings. The second-order valence-corrected chi connectivity index (χ2v) is 5.24. The fourth-order valence-corrected chi connectivity index (χ4v) is 1.91. The molecule has 5 nitrogen and oxygen atoms in total. The minimum Gasteiger partial charge on any atom is -0.469 e. The summed E-state index contributed by atoms with van der Waals surface area (Å²) in [6, 6.07) is -0.588. The van der Waals surface area contributed by atoms with Crippen molar-refractivity contribution in [1.82, 2.24) is 5.32 Å². The lowest BCUT2D eigenvalue weighted by Gasteiger charge is -2.31. The summed E-state index contributed by atoms with van der Waals surface area (Å²) >= 11 is 0. The summed E-state index contributed by atoms with van der Waals surface area (Å²) in [7, 11) is 1.34. The molecule has 0 aromatic heterocycles. The Morgan fingerprint density at radius 1 is 1.24 bits per heavy atom. The number of esters is 2. The third-order valence-corrected chi connectivity index (χ3v) is 2.62. The van der Waals surface area contributed by atoms with E-state index in [1.165, 1.54) is 7.11 Å². The van der Waals surface area contributed by atoms with E-state index in [4.69, 9.17) is 9.47 Å². The number of carbonyl (C=O) groups is 2. The summed E-state index contributed by atoms with van der Waals surface area (Å²) < 4.78 is 10.0. The third-order valence-electron chi connectivity index (χ3n) is 2.62. The van der Waals surface area contributed by atoms with Gasteiger partial charge in [-0.05, 0) is 40.2 Å². The van der Waals surface area contributed by atoms with E-state index in [1.807, 2.05) is 0 Å². The van der Waals surface area contributed by atoms with E-state index in [9.17, 15) is 9.59 Å². The van der Waals surface area contributed by atoms with Crippen LogP contribution in [0.5, 0.6) is 0 Å². The van der Waals surface area contributed by atoms with Gasteiger partial charge in [-0.3, -0.25) is 9.59 Å². The predicted molar refractivity (Wildman–Crippen MR) is 62.4 cm³/mol. The van der Waals surface area contributed by atoms with E-state index in [-0.39, 0.29) is 11.9 Å². The topological polar surface area (TPSA) is 64.6 Å². The number of rotatable bonds is 2. The zero-order valence-corrected chi connectivity index (χ0v) is 10.9. The van der Waals surface area contributed by atoms with Gasteiger partial charge < -0.3 is 14.8 Å². The maximum Gasteiger partial charge on any atom is 0.324 e. The molecular formula is C12H21NO4. The van der Waals surface area contributed by atoms with Crippen molar-refractivity contribution in [2.45, 2.75) is 45.3 Å². The Labute approximate surface area is 102 Å². The summed E-state index contributed by atoms with van der Waals surface area (Å²) in [5.41, 5.74) is -0.545. The molecule has 0 aliphatic carbocycles. The van der Waals surface area contributed by atoms with Crippen LogP contribution in [0.4, 0.5) is 0 Å². The fourth-order valence-electron chi connectivity index (χ4n) is 1.91. The number of carbonyl (C=O) groups excluding carboxylic acids is 2. The van der Waals surface area contributed by atoms with E-state index in [2.05, 4.69) is 5.32 Å². The molecule has 1 saturated heterocycles. The minimum absolute atomic E-state index is 0.354. The van der Waals surface area contributed by atoms with E-state index in [1.54, 1.807) is 20.8 Å². The summed E-state index contributed by atoms with van der Waals surface area (Å²) in [6.07, 6.45) is 1.52. The van der Waals surface area contributed by atoms with Gasteiger partial charge in [-0.15, -0.1) is 0 Å². The number of piperidine rings is 1. The van der Waals surface area contributed by atoms with Crippen molar-refractivity contribution < 1.29 is 19.1 Å². The SMILES string of the molecule is COC(=O)C1CCCNC1C(=O)OC(C)(C)C. The quantitative estimate of drug-likeness (QED) is 0.729. The van der Waals surface area contributed by atoms with Gasteiger partial charge in [0.15, 0.2) is 0 Å². The molecule has 1 N–H and O–H groups in total. The van der Waals surface area contributed by atoms with Crippen LogP contribution < -0.4 is 5.32 Å². The molecule has 17 heavy (non-hydrogen) atoms. The zero-order valence-electron chi connectivity index (χ0n) is 10.9. The van der Waals surface area contributed by atoms with Crippen molar-refractivity contribution in [1.29, 1.82) is 0 Å². The molecule has 2 unspecified atom stereocenters. The molecule has 0 bridgehead atoms. The second kappa shape index (κ2) is 5.49. The average molecular weight is 243 g/mol. The van der Waals surface area contributed by atoms with Crippen LogP contribution in [0.3, 0.4) is 0 Å². The van der Waals surface area contributed by atoms with Gasteiger partial charge in [0.05, 0.1) is 13.0 Å². The molecule has 0 aromatic rings. The maximum atomic E-state index is 12.0. The Hall–Kier alpha value is -1.10. The summed E-state index contributed by atoms with van der Waals surface area (Å²) in [6.45, 7) is 6.14. The van der Waals surface area contributed by atoms with Gasteiger partial charge in [-0.2, -0.15) is 0 Å². The molecule has 2 atom stereocenters. The van der Waals surface area contributed by atoms with Crippen LogP contribution in [0.2, 0.25) is 0 Å². The first-order valence-electron chi connectivity index (χ1n) is 5.89. The molecule has 1 rings (SSSR count). The van der Waals surface area contributed by atoms with Crippen molar-refractivity contribution in [3.05, 3.63) is 0 Å². The molecule has 1 heterocycles. The Kier molecular flexibility index (Phi) is 4.51. The first-order valence-corrected chi connectivity index (χ1v) is 5.89. The normalized spacial score (nSPS) is 25.2. The molecule has 1 aliphatic heterocycles. The number of methoxy groups -OCH3 is 1. The van der Waals surface area contributed by atoms with Gasteiger partial charge in [0, 0.05) is 0 Å². The average Bonchev–Trinajstić information content (AvgIpc) is 2.25. The largest absolute Gasteiger partial charge is 0.469 e. The van der Waals surface area contributed by atoms with Crippen molar-refractivity contribution in [3.63, 3.8) is 0 Å². The summed E-state index contributed by atoms with van der Waals surface area (Å²) in [5.74, 6) is -1.18. The van der Waals surface area contributed by atoms with Gasteiger partial charge in [0.2, 0.25) is 0 Å². The Bertz CT molecular complexity index is 295. The van der Waals surface area contributed by atoms with Gasteiger partial charge in [-0.25, -0.2) is 0 Å². The van der Waals surface area contributed by atoms with Gasteiger partial charge in [0.1, 0.15) is 11.6 Å². The lowest BCUT2D eigenvalue weighted by Crippen LogP contribution is -2.52. The molecule has 98 valence electrons. The molecule has 0 spiro atoms. The Morgan fingerprint density at radius 2 is 1.88 bits per heavy atom. The minimum atomic E-state index is -0.588. The standard InChI is InChI=1S/C12H21NO4/c1-12(2,3)17-11(15)9-8(10(14)16-4)6-5-7-13-9/h8-9,13H,5-7H2,1-4H3. The molecule has 0 radical (unpaired) electrons. The van der Waals surface area contributed by atoms with Crippen LogP contribution in [0, 0.1) is 5.92 Å². The monoisotopic (exact) mass is 243 g/mol. The van der Waals surface area contributed by atoms with E-state index >= 15 is 0 Å². The first-order chi connectivity index (χ1) is 7.85. The van der Waals surface area contributed by atoms with Crippen LogP contribution >= 0.6 is 0 Å². The van der Waals surface area contributed by atoms with Crippen LogP contribution in [0.1, 0.15) is 33.6 Å². The highest BCUT2D eigenvalue weighted by Gasteiger charge is 2.38. The molecule has 1 aliphatic rings. The molecular weight excluding hydrogens is 222 g/mol. The first kappa shape index (κ1) is 14.0. The van der Waals surface area contributed by atoms with Crippen molar-refractivity contribution in [2.75, 3.05) is 13.7 Å². The maximum absolute atomic E-state index is 12.0. The third kappa shape index (κ3) is 4.00. The van der Waals surface area contributed by atoms with Crippen molar-refractivity contribution in [2.24, 2.45) is 5.92 Å². The number of hydrogen-bond donors (Lipinski definition) is 1. The fraction of sp³-hybridized carbons (Fsp3) is 0.833. The smallest absolute Gasteiger partial charge is 0.324 e. The predicted octanol–water partition coefficient (Wildman–Crippen LogP) is 0.869. The number of ether oxygens (including phenoxy) is 2. The second-order valence-electron chi connectivity index (χ2n) is 5.24. The van der Waals surface area contributed by atoms with E-state index in [0.717, 1.165) is 13.0 Å². The van der Waals surface area contributed by atoms with Gasteiger partial charge in [-0.1, -0.05) is 0 Å². The summed E-state index contributed by atoms with van der Waals surface area (Å²) in [4.78, 5) is 23.5. The number of nitrogens with one attached hydrogen (secondary N) is 1. The van der Waals surface area contributed by atoms with Gasteiger partial charge in [0.25, 0.3) is 0 Å². The van der Waals surface area contributed by atoms with E-state index < -0.39 is 17.6 Å². The van der Waals surface area contributed by atoms with Crippen LogP contribution in [0.15, 0.2) is 0 Å². The van der Waals surface area contributed by atoms with E-state index in [0.29, 0.717) is 6.42 Å². The highest BCUT2D eigenvalue weighted by Crippen LogP contribution is 2.21. The number of hydrogen-bond acceptors (Lipinski definition) is 5. The Morgan fingerprint density at radius 3 is 2.41 bits per heavy atom.